The quantitative estimate of drug-likeness (QED) is 0.478. The highest BCUT2D eigenvalue weighted by molar-refractivity contribution is 5.99. The standard InChI is InChI=1S/C29H39N3O4/c1-5-36-19-18-32-24-9-7-6-8-23(24)30-26(32)22-12-16-31(17-13-22)20-25(33)21-10-14-29(4,15-11-21)28(2,3)27(34)35/h6-11,14,22H,5,12-13,15-20H2,1-4H3,(H,34,35). The van der Waals surface area contributed by atoms with E-state index in [0.717, 1.165) is 49.3 Å². The molecule has 194 valence electrons. The number of piperidine rings is 1. The van der Waals surface area contributed by atoms with E-state index in [9.17, 15) is 14.7 Å². The van der Waals surface area contributed by atoms with Gasteiger partial charge in [-0.05, 0) is 65.3 Å². The van der Waals surface area contributed by atoms with Crippen molar-refractivity contribution in [2.75, 3.05) is 32.8 Å². The molecule has 1 N–H and O–H groups in total. The number of aromatic nitrogens is 2. The van der Waals surface area contributed by atoms with E-state index in [4.69, 9.17) is 9.72 Å². The SMILES string of the molecule is CCOCCn1c(C2CCN(CC(=O)C3=CCC(C)(C(C)(C)C(=O)O)C=C3)CC2)nc2ccccc21. The fourth-order valence-corrected chi connectivity index (χ4v) is 5.23. The molecule has 0 bridgehead atoms. The number of aliphatic carboxylic acids is 1. The largest absolute Gasteiger partial charge is 0.481 e. The first-order valence-corrected chi connectivity index (χ1v) is 13.1. The van der Waals surface area contributed by atoms with Crippen molar-refractivity contribution in [3.63, 3.8) is 0 Å². The summed E-state index contributed by atoms with van der Waals surface area (Å²) in [4.78, 5) is 32.0. The molecular weight excluding hydrogens is 454 g/mol. The van der Waals surface area contributed by atoms with E-state index in [1.807, 2.05) is 38.1 Å². The van der Waals surface area contributed by atoms with Crippen molar-refractivity contribution in [1.29, 1.82) is 0 Å². The van der Waals surface area contributed by atoms with Crippen LogP contribution in [0.25, 0.3) is 11.0 Å². The summed E-state index contributed by atoms with van der Waals surface area (Å²) in [7, 11) is 0. The fraction of sp³-hybridized carbons (Fsp3) is 0.552. The summed E-state index contributed by atoms with van der Waals surface area (Å²) in [6, 6.07) is 8.27. The highest BCUT2D eigenvalue weighted by atomic mass is 16.5. The molecule has 1 fully saturated rings. The summed E-state index contributed by atoms with van der Waals surface area (Å²) >= 11 is 0. The van der Waals surface area contributed by atoms with Crippen molar-refractivity contribution in [3.05, 3.63) is 53.9 Å². The maximum absolute atomic E-state index is 13.0. The molecule has 1 aromatic heterocycles. The van der Waals surface area contributed by atoms with Crippen LogP contribution in [0.3, 0.4) is 0 Å². The van der Waals surface area contributed by atoms with Gasteiger partial charge in [-0.15, -0.1) is 0 Å². The Labute approximate surface area is 213 Å². The van der Waals surface area contributed by atoms with E-state index < -0.39 is 16.8 Å². The van der Waals surface area contributed by atoms with Crippen LogP contribution in [-0.4, -0.2) is 64.2 Å². The lowest BCUT2D eigenvalue weighted by Gasteiger charge is -2.40. The summed E-state index contributed by atoms with van der Waals surface area (Å²) in [5, 5.41) is 9.63. The molecule has 1 saturated heterocycles. The predicted octanol–water partition coefficient (Wildman–Crippen LogP) is 4.82. The molecule has 1 aliphatic carbocycles. The number of hydrogen-bond donors (Lipinski definition) is 1. The number of likely N-dealkylation sites (tertiary alicyclic amines) is 1. The molecule has 0 saturated carbocycles. The van der Waals surface area contributed by atoms with Crippen molar-refractivity contribution >= 4 is 22.8 Å². The predicted molar refractivity (Wildman–Crippen MR) is 141 cm³/mol. The van der Waals surface area contributed by atoms with E-state index in [0.29, 0.717) is 37.7 Å². The number of ether oxygens (including phenoxy) is 1. The minimum atomic E-state index is -0.907. The van der Waals surface area contributed by atoms with Gasteiger partial charge in [0.15, 0.2) is 5.78 Å². The van der Waals surface area contributed by atoms with Gasteiger partial charge in [-0.3, -0.25) is 14.5 Å². The Hall–Kier alpha value is -2.77. The topological polar surface area (TPSA) is 84.7 Å². The van der Waals surface area contributed by atoms with Gasteiger partial charge in [-0.25, -0.2) is 4.98 Å². The van der Waals surface area contributed by atoms with Gasteiger partial charge in [0.25, 0.3) is 0 Å². The summed E-state index contributed by atoms with van der Waals surface area (Å²) in [5.41, 5.74) is 1.44. The Morgan fingerprint density at radius 2 is 1.94 bits per heavy atom. The number of nitrogens with zero attached hydrogens (tertiary/aromatic N) is 3. The van der Waals surface area contributed by atoms with Crippen molar-refractivity contribution in [2.24, 2.45) is 10.8 Å². The number of fused-ring (bicyclic) bond motifs is 1. The molecule has 1 atom stereocenters. The van der Waals surface area contributed by atoms with Crippen molar-refractivity contribution in [3.8, 4) is 0 Å². The zero-order valence-electron chi connectivity index (χ0n) is 22.0. The molecule has 2 aromatic rings. The van der Waals surface area contributed by atoms with E-state index in [2.05, 4.69) is 27.7 Å². The van der Waals surface area contributed by atoms with Crippen LogP contribution in [-0.2, 0) is 20.9 Å². The fourth-order valence-electron chi connectivity index (χ4n) is 5.23. The van der Waals surface area contributed by atoms with Crippen LogP contribution < -0.4 is 0 Å². The molecule has 1 aromatic carbocycles. The lowest BCUT2D eigenvalue weighted by molar-refractivity contribution is -0.152. The number of carbonyl (C=O) groups is 2. The molecule has 4 rings (SSSR count). The van der Waals surface area contributed by atoms with Gasteiger partial charge in [0.1, 0.15) is 5.82 Å². The lowest BCUT2D eigenvalue weighted by Crippen LogP contribution is -2.41. The number of ketones is 1. The maximum Gasteiger partial charge on any atom is 0.309 e. The number of hydrogen-bond acceptors (Lipinski definition) is 5. The van der Waals surface area contributed by atoms with E-state index in [-0.39, 0.29) is 5.78 Å². The second kappa shape index (κ2) is 10.7. The zero-order valence-corrected chi connectivity index (χ0v) is 22.0. The highest BCUT2D eigenvalue weighted by Gasteiger charge is 2.45. The van der Waals surface area contributed by atoms with Crippen LogP contribution in [0, 0.1) is 10.8 Å². The molecule has 7 heteroatoms. The van der Waals surface area contributed by atoms with Crippen molar-refractivity contribution in [1.82, 2.24) is 14.5 Å². The molecule has 2 aliphatic rings. The second-order valence-electron chi connectivity index (χ2n) is 10.8. The number of imidazole rings is 1. The third-order valence-electron chi connectivity index (χ3n) is 8.33. The monoisotopic (exact) mass is 493 g/mol. The molecule has 36 heavy (non-hydrogen) atoms. The van der Waals surface area contributed by atoms with Gasteiger partial charge in [-0.1, -0.05) is 37.3 Å². The third kappa shape index (κ3) is 5.18. The minimum absolute atomic E-state index is 0.101. The van der Waals surface area contributed by atoms with E-state index >= 15 is 0 Å². The average Bonchev–Trinajstić information content (AvgIpc) is 3.23. The van der Waals surface area contributed by atoms with Gasteiger partial charge < -0.3 is 14.4 Å². The van der Waals surface area contributed by atoms with Crippen LogP contribution in [0.5, 0.6) is 0 Å². The lowest BCUT2D eigenvalue weighted by atomic mass is 9.63. The van der Waals surface area contributed by atoms with Crippen molar-refractivity contribution < 1.29 is 19.4 Å². The normalized spacial score (nSPS) is 21.6. The first-order valence-electron chi connectivity index (χ1n) is 13.1. The summed E-state index contributed by atoms with van der Waals surface area (Å²) in [6.07, 6.45) is 8.12. The Morgan fingerprint density at radius 3 is 2.58 bits per heavy atom. The van der Waals surface area contributed by atoms with Crippen LogP contribution >= 0.6 is 0 Å². The van der Waals surface area contributed by atoms with Gasteiger partial charge in [-0.2, -0.15) is 0 Å². The molecule has 1 aliphatic heterocycles. The van der Waals surface area contributed by atoms with Crippen LogP contribution in [0.1, 0.15) is 58.7 Å². The summed E-state index contributed by atoms with van der Waals surface area (Å²) in [5.74, 6) is 0.759. The Bertz CT molecular complexity index is 1170. The van der Waals surface area contributed by atoms with E-state index in [1.165, 1.54) is 0 Å². The van der Waals surface area contributed by atoms with Gasteiger partial charge in [0, 0.05) is 30.1 Å². The van der Waals surface area contributed by atoms with Gasteiger partial charge >= 0.3 is 5.97 Å². The number of para-hydroxylation sites is 2. The van der Waals surface area contributed by atoms with Gasteiger partial charge in [0.2, 0.25) is 0 Å². The van der Waals surface area contributed by atoms with Crippen LogP contribution in [0.15, 0.2) is 48.1 Å². The molecular formula is C29H39N3O4. The number of carbonyl (C=O) groups excluding carboxylic acids is 1. The molecule has 0 radical (unpaired) electrons. The second-order valence-corrected chi connectivity index (χ2v) is 10.8. The molecule has 0 amide bonds. The number of benzene rings is 1. The number of Topliss-reactive ketones (excluding diaryl/α,β-unsaturated/α-hetero) is 1. The molecule has 0 spiro atoms. The average molecular weight is 494 g/mol. The highest BCUT2D eigenvalue weighted by Crippen LogP contribution is 2.45. The number of carboxylic acids is 1. The Balaban J connectivity index is 1.37. The Morgan fingerprint density at radius 1 is 1.22 bits per heavy atom. The number of carboxylic acid groups (broad SMARTS) is 1. The first-order chi connectivity index (χ1) is 17.2. The third-order valence-corrected chi connectivity index (χ3v) is 8.33. The van der Waals surface area contributed by atoms with Crippen molar-refractivity contribution in [2.45, 2.75) is 59.4 Å². The maximum atomic E-state index is 13.0. The van der Waals surface area contributed by atoms with E-state index in [1.54, 1.807) is 13.8 Å². The zero-order chi connectivity index (χ0) is 25.9. The summed E-state index contributed by atoms with van der Waals surface area (Å²) in [6.45, 7) is 11.7. The molecule has 7 nitrogen and oxygen atoms in total. The van der Waals surface area contributed by atoms with Crippen LogP contribution in [0.2, 0.25) is 0 Å². The first kappa shape index (κ1) is 26.3. The minimum Gasteiger partial charge on any atom is -0.481 e. The number of allylic oxidation sites excluding steroid dienone is 3. The number of rotatable bonds is 10. The Kier molecular flexibility index (Phi) is 7.81. The molecule has 1 unspecified atom stereocenters. The van der Waals surface area contributed by atoms with Crippen LogP contribution in [0.4, 0.5) is 0 Å². The molecule has 2 heterocycles. The smallest absolute Gasteiger partial charge is 0.309 e. The summed E-state index contributed by atoms with van der Waals surface area (Å²) < 4.78 is 7.93. The van der Waals surface area contributed by atoms with Gasteiger partial charge in [0.05, 0.1) is 29.6 Å².